The van der Waals surface area contributed by atoms with Gasteiger partial charge in [0.2, 0.25) is 0 Å². The molecule has 0 bridgehead atoms. The molecule has 1 saturated heterocycles. The summed E-state index contributed by atoms with van der Waals surface area (Å²) in [5.41, 5.74) is 0. The van der Waals surface area contributed by atoms with E-state index in [9.17, 15) is 0 Å². The predicted molar refractivity (Wildman–Crippen MR) is 77.8 cm³/mol. The van der Waals surface area contributed by atoms with Crippen LogP contribution in [0.3, 0.4) is 0 Å². The standard InChI is InChI=1S/C14H28N2S/c1-3-17-14-8-4-7-13(14)16-11(2)10-12-6-5-9-15-12/h11-16H,3-10H2,1-2H3. The fourth-order valence-electron chi connectivity index (χ4n) is 3.35. The summed E-state index contributed by atoms with van der Waals surface area (Å²) in [6.45, 7) is 5.88. The lowest BCUT2D eigenvalue weighted by Crippen LogP contribution is -2.42. The van der Waals surface area contributed by atoms with Crippen molar-refractivity contribution in [1.82, 2.24) is 10.6 Å². The average Bonchev–Trinajstić information content (AvgIpc) is 2.92. The number of hydrogen-bond donors (Lipinski definition) is 2. The van der Waals surface area contributed by atoms with Gasteiger partial charge < -0.3 is 10.6 Å². The highest BCUT2D eigenvalue weighted by molar-refractivity contribution is 7.99. The Bertz CT molecular complexity index is 216. The van der Waals surface area contributed by atoms with Crippen molar-refractivity contribution in [2.45, 2.75) is 75.7 Å². The topological polar surface area (TPSA) is 24.1 Å². The molecule has 2 N–H and O–H groups in total. The fraction of sp³-hybridized carbons (Fsp3) is 1.00. The van der Waals surface area contributed by atoms with E-state index in [0.29, 0.717) is 6.04 Å². The van der Waals surface area contributed by atoms with E-state index in [4.69, 9.17) is 0 Å². The third kappa shape index (κ3) is 4.15. The molecule has 4 unspecified atom stereocenters. The largest absolute Gasteiger partial charge is 0.314 e. The molecule has 0 aromatic carbocycles. The summed E-state index contributed by atoms with van der Waals surface area (Å²) >= 11 is 2.15. The molecule has 0 aromatic heterocycles. The van der Waals surface area contributed by atoms with Crippen molar-refractivity contribution in [2.24, 2.45) is 0 Å². The van der Waals surface area contributed by atoms with Gasteiger partial charge in [0, 0.05) is 23.4 Å². The fourth-order valence-corrected chi connectivity index (χ4v) is 4.56. The van der Waals surface area contributed by atoms with E-state index in [-0.39, 0.29) is 0 Å². The highest BCUT2D eigenvalue weighted by atomic mass is 32.2. The van der Waals surface area contributed by atoms with Crippen LogP contribution < -0.4 is 10.6 Å². The van der Waals surface area contributed by atoms with Gasteiger partial charge in [0.1, 0.15) is 0 Å². The second-order valence-corrected chi connectivity index (χ2v) is 7.14. The third-order valence-electron chi connectivity index (χ3n) is 4.13. The molecule has 0 aromatic rings. The molecule has 2 rings (SSSR count). The Morgan fingerprint density at radius 1 is 1.29 bits per heavy atom. The van der Waals surface area contributed by atoms with Gasteiger partial charge in [-0.25, -0.2) is 0 Å². The minimum absolute atomic E-state index is 0.675. The molecular formula is C14H28N2S. The van der Waals surface area contributed by atoms with E-state index in [2.05, 4.69) is 36.2 Å². The third-order valence-corrected chi connectivity index (χ3v) is 5.46. The minimum atomic E-state index is 0.675. The molecule has 1 saturated carbocycles. The van der Waals surface area contributed by atoms with Crippen molar-refractivity contribution < 1.29 is 0 Å². The maximum Gasteiger partial charge on any atom is 0.0201 e. The van der Waals surface area contributed by atoms with E-state index in [0.717, 1.165) is 17.3 Å². The van der Waals surface area contributed by atoms with Gasteiger partial charge in [0.25, 0.3) is 0 Å². The van der Waals surface area contributed by atoms with Gasteiger partial charge in [-0.05, 0) is 51.3 Å². The number of nitrogens with one attached hydrogen (secondary N) is 2. The smallest absolute Gasteiger partial charge is 0.0201 e. The van der Waals surface area contributed by atoms with Crippen molar-refractivity contribution in [3.63, 3.8) is 0 Å². The second-order valence-electron chi connectivity index (χ2n) is 5.63. The van der Waals surface area contributed by atoms with Crippen LogP contribution >= 0.6 is 11.8 Å². The summed E-state index contributed by atoms with van der Waals surface area (Å²) in [5.74, 6) is 1.27. The van der Waals surface area contributed by atoms with Crippen LogP contribution in [0.2, 0.25) is 0 Å². The van der Waals surface area contributed by atoms with Gasteiger partial charge >= 0.3 is 0 Å². The SMILES string of the molecule is CCSC1CCCC1NC(C)CC1CCCN1. The number of thioether (sulfide) groups is 1. The summed E-state index contributed by atoms with van der Waals surface area (Å²) in [4.78, 5) is 0. The lowest BCUT2D eigenvalue weighted by atomic mass is 10.1. The van der Waals surface area contributed by atoms with E-state index in [1.165, 1.54) is 50.8 Å². The summed E-state index contributed by atoms with van der Waals surface area (Å²) in [6, 6.07) is 2.22. The Balaban J connectivity index is 1.71. The highest BCUT2D eigenvalue weighted by Gasteiger charge is 2.28. The molecule has 2 fully saturated rings. The van der Waals surface area contributed by atoms with Gasteiger partial charge in [-0.2, -0.15) is 11.8 Å². The van der Waals surface area contributed by atoms with Crippen LogP contribution in [0.15, 0.2) is 0 Å². The highest BCUT2D eigenvalue weighted by Crippen LogP contribution is 2.30. The minimum Gasteiger partial charge on any atom is -0.314 e. The van der Waals surface area contributed by atoms with Gasteiger partial charge in [-0.1, -0.05) is 13.3 Å². The molecule has 100 valence electrons. The van der Waals surface area contributed by atoms with Gasteiger partial charge in [0.15, 0.2) is 0 Å². The maximum atomic E-state index is 3.88. The second kappa shape index (κ2) is 7.01. The van der Waals surface area contributed by atoms with E-state index in [1.54, 1.807) is 0 Å². The molecule has 0 amide bonds. The van der Waals surface area contributed by atoms with Gasteiger partial charge in [-0.3, -0.25) is 0 Å². The molecular weight excluding hydrogens is 228 g/mol. The zero-order valence-corrected chi connectivity index (χ0v) is 12.2. The summed E-state index contributed by atoms with van der Waals surface area (Å²) in [7, 11) is 0. The monoisotopic (exact) mass is 256 g/mol. The van der Waals surface area contributed by atoms with Crippen LogP contribution in [0.1, 0.15) is 52.4 Å². The van der Waals surface area contributed by atoms with Gasteiger partial charge in [0.05, 0.1) is 0 Å². The van der Waals surface area contributed by atoms with Crippen LogP contribution in [0.5, 0.6) is 0 Å². The summed E-state index contributed by atoms with van der Waals surface area (Å²) < 4.78 is 0. The van der Waals surface area contributed by atoms with Crippen molar-refractivity contribution in [1.29, 1.82) is 0 Å². The first-order valence-electron chi connectivity index (χ1n) is 7.40. The molecule has 4 atom stereocenters. The Hall–Kier alpha value is 0.270. The molecule has 0 radical (unpaired) electrons. The summed E-state index contributed by atoms with van der Waals surface area (Å²) in [6.07, 6.45) is 8.29. The maximum absolute atomic E-state index is 3.88. The number of hydrogen-bond acceptors (Lipinski definition) is 3. The first-order chi connectivity index (χ1) is 8.29. The van der Waals surface area contributed by atoms with Crippen LogP contribution in [0, 0.1) is 0 Å². The average molecular weight is 256 g/mol. The van der Waals surface area contributed by atoms with E-state index in [1.807, 2.05) is 0 Å². The molecule has 0 spiro atoms. The molecule has 1 heterocycles. The molecule has 3 heteroatoms. The Kier molecular flexibility index (Phi) is 5.64. The van der Waals surface area contributed by atoms with Crippen molar-refractivity contribution in [3.05, 3.63) is 0 Å². The van der Waals surface area contributed by atoms with Crippen LogP contribution in [-0.4, -0.2) is 35.7 Å². The van der Waals surface area contributed by atoms with Crippen molar-refractivity contribution in [2.75, 3.05) is 12.3 Å². The zero-order chi connectivity index (χ0) is 12.1. The predicted octanol–water partition coefficient (Wildman–Crippen LogP) is 2.78. The van der Waals surface area contributed by atoms with Crippen LogP contribution in [-0.2, 0) is 0 Å². The van der Waals surface area contributed by atoms with Gasteiger partial charge in [-0.15, -0.1) is 0 Å². The normalized spacial score (nSPS) is 35.3. The van der Waals surface area contributed by atoms with E-state index >= 15 is 0 Å². The van der Waals surface area contributed by atoms with Crippen LogP contribution in [0.4, 0.5) is 0 Å². The lowest BCUT2D eigenvalue weighted by Gasteiger charge is -2.26. The Morgan fingerprint density at radius 3 is 2.88 bits per heavy atom. The quantitative estimate of drug-likeness (QED) is 0.764. The molecule has 1 aliphatic heterocycles. The lowest BCUT2D eigenvalue weighted by molar-refractivity contribution is 0.396. The molecule has 17 heavy (non-hydrogen) atoms. The zero-order valence-electron chi connectivity index (χ0n) is 11.4. The van der Waals surface area contributed by atoms with Crippen LogP contribution in [0.25, 0.3) is 0 Å². The van der Waals surface area contributed by atoms with Crippen molar-refractivity contribution in [3.8, 4) is 0 Å². The number of rotatable bonds is 6. The first-order valence-corrected chi connectivity index (χ1v) is 8.45. The Morgan fingerprint density at radius 2 is 2.18 bits per heavy atom. The Labute approximate surface area is 111 Å². The summed E-state index contributed by atoms with van der Waals surface area (Å²) in [5, 5.41) is 8.36. The molecule has 2 nitrogen and oxygen atoms in total. The van der Waals surface area contributed by atoms with Crippen molar-refractivity contribution >= 4 is 11.8 Å². The first kappa shape index (κ1) is 13.7. The molecule has 2 aliphatic rings. The van der Waals surface area contributed by atoms with E-state index < -0.39 is 0 Å². The molecule has 1 aliphatic carbocycles.